The number of sulfonamides is 1. The van der Waals surface area contributed by atoms with E-state index in [0.717, 1.165) is 0 Å². The molecule has 26 heavy (non-hydrogen) atoms. The highest BCUT2D eigenvalue weighted by Gasteiger charge is 2.33. The van der Waals surface area contributed by atoms with Crippen molar-refractivity contribution in [1.82, 2.24) is 9.21 Å². The third-order valence-corrected chi connectivity index (χ3v) is 6.37. The van der Waals surface area contributed by atoms with Crippen LogP contribution in [0.1, 0.15) is 16.1 Å². The predicted molar refractivity (Wildman–Crippen MR) is 91.2 cm³/mol. The fraction of sp³-hybridized carbons (Fsp3) is 0.312. The molecule has 0 N–H and O–H groups in total. The number of nitro groups is 1. The lowest BCUT2D eigenvalue weighted by Crippen LogP contribution is -2.50. The van der Waals surface area contributed by atoms with Crippen molar-refractivity contribution in [1.29, 1.82) is 0 Å². The largest absolute Gasteiger partial charge is 0.459 e. The molecule has 0 atom stereocenters. The second kappa shape index (κ2) is 6.89. The van der Waals surface area contributed by atoms with Crippen molar-refractivity contribution in [3.05, 3.63) is 58.0 Å². The van der Waals surface area contributed by atoms with Crippen molar-refractivity contribution in [2.45, 2.75) is 11.8 Å². The Labute approximate surface area is 150 Å². The zero-order valence-electron chi connectivity index (χ0n) is 14.0. The Kier molecular flexibility index (Phi) is 4.79. The van der Waals surface area contributed by atoms with Gasteiger partial charge in [0.1, 0.15) is 0 Å². The van der Waals surface area contributed by atoms with Crippen molar-refractivity contribution >= 4 is 21.6 Å². The molecule has 9 nitrogen and oxygen atoms in total. The molecule has 1 aliphatic rings. The van der Waals surface area contributed by atoms with Gasteiger partial charge in [0.15, 0.2) is 5.76 Å². The molecule has 0 radical (unpaired) electrons. The zero-order valence-corrected chi connectivity index (χ0v) is 14.8. The van der Waals surface area contributed by atoms with Crippen LogP contribution in [0.15, 0.2) is 45.9 Å². The second-order valence-electron chi connectivity index (χ2n) is 5.83. The Balaban J connectivity index is 1.78. The monoisotopic (exact) mass is 379 g/mol. The summed E-state index contributed by atoms with van der Waals surface area (Å²) in [6.45, 7) is 2.06. The topological polar surface area (TPSA) is 114 Å². The van der Waals surface area contributed by atoms with E-state index < -0.39 is 14.9 Å². The Hall–Kier alpha value is -2.72. The van der Waals surface area contributed by atoms with Crippen LogP contribution in [0.25, 0.3) is 0 Å². The Bertz CT molecular complexity index is 931. The average Bonchev–Trinajstić information content (AvgIpc) is 3.15. The van der Waals surface area contributed by atoms with Crippen LogP contribution in [0.2, 0.25) is 0 Å². The number of rotatable bonds is 4. The number of nitrogens with zero attached hydrogens (tertiary/aromatic N) is 3. The normalized spacial score (nSPS) is 15.8. The van der Waals surface area contributed by atoms with E-state index in [0.29, 0.717) is 0 Å². The molecular weight excluding hydrogens is 362 g/mol. The lowest BCUT2D eigenvalue weighted by atomic mass is 10.2. The molecule has 2 aromatic rings. The highest BCUT2D eigenvalue weighted by molar-refractivity contribution is 7.89. The quantitative estimate of drug-likeness (QED) is 0.589. The van der Waals surface area contributed by atoms with Gasteiger partial charge in [0.25, 0.3) is 11.6 Å². The van der Waals surface area contributed by atoms with Gasteiger partial charge in [0.05, 0.1) is 16.1 Å². The van der Waals surface area contributed by atoms with Gasteiger partial charge in [-0.05, 0) is 25.1 Å². The number of benzene rings is 1. The van der Waals surface area contributed by atoms with Gasteiger partial charge in [-0.2, -0.15) is 4.31 Å². The van der Waals surface area contributed by atoms with E-state index in [1.807, 2.05) is 0 Å². The molecule has 1 aliphatic heterocycles. The maximum atomic E-state index is 12.9. The summed E-state index contributed by atoms with van der Waals surface area (Å²) in [5.74, 6) is -0.0885. The molecule has 0 saturated carbocycles. The lowest BCUT2D eigenvalue weighted by molar-refractivity contribution is -0.385. The first-order chi connectivity index (χ1) is 12.3. The number of piperazine rings is 1. The van der Waals surface area contributed by atoms with Crippen LogP contribution < -0.4 is 0 Å². The highest BCUT2D eigenvalue weighted by atomic mass is 32.2. The maximum Gasteiger partial charge on any atom is 0.289 e. The molecule has 3 rings (SSSR count). The fourth-order valence-corrected chi connectivity index (χ4v) is 4.57. The predicted octanol–water partition coefficient (Wildman–Crippen LogP) is 1.64. The van der Waals surface area contributed by atoms with Crippen LogP contribution >= 0.6 is 0 Å². The molecule has 1 fully saturated rings. The van der Waals surface area contributed by atoms with Crippen LogP contribution in [0, 0.1) is 17.0 Å². The van der Waals surface area contributed by atoms with E-state index in [1.165, 1.54) is 40.6 Å². The van der Waals surface area contributed by atoms with Crippen LogP contribution in [0.5, 0.6) is 0 Å². The van der Waals surface area contributed by atoms with Crippen LogP contribution in [-0.4, -0.2) is 54.6 Å². The number of amides is 1. The highest BCUT2D eigenvalue weighted by Crippen LogP contribution is 2.27. The molecule has 1 aromatic carbocycles. The molecule has 10 heteroatoms. The summed E-state index contributed by atoms with van der Waals surface area (Å²) in [4.78, 5) is 24.1. The summed E-state index contributed by atoms with van der Waals surface area (Å²) >= 11 is 0. The summed E-state index contributed by atoms with van der Waals surface area (Å²) in [5.41, 5.74) is -0.135. The zero-order chi connectivity index (χ0) is 18.9. The van der Waals surface area contributed by atoms with E-state index in [1.54, 1.807) is 12.1 Å². The molecule has 0 spiro atoms. The number of carbonyl (C=O) groups is 1. The van der Waals surface area contributed by atoms with Crippen molar-refractivity contribution < 1.29 is 22.6 Å². The van der Waals surface area contributed by atoms with E-state index in [-0.39, 0.29) is 54.0 Å². The minimum atomic E-state index is -3.88. The van der Waals surface area contributed by atoms with Crippen molar-refractivity contribution in [2.24, 2.45) is 0 Å². The van der Waals surface area contributed by atoms with E-state index in [9.17, 15) is 23.3 Å². The molecular formula is C16H17N3O6S. The molecule has 138 valence electrons. The van der Waals surface area contributed by atoms with Gasteiger partial charge in [0, 0.05) is 37.8 Å². The molecule has 0 unspecified atom stereocenters. The third-order valence-electron chi connectivity index (χ3n) is 4.33. The van der Waals surface area contributed by atoms with Crippen LogP contribution in [0.3, 0.4) is 0 Å². The average molecular weight is 379 g/mol. The molecule has 1 saturated heterocycles. The first-order valence-electron chi connectivity index (χ1n) is 7.89. The first kappa shape index (κ1) is 18.1. The number of nitro benzene ring substituents is 1. The van der Waals surface area contributed by atoms with Crippen molar-refractivity contribution in [3.8, 4) is 0 Å². The second-order valence-corrected chi connectivity index (χ2v) is 7.74. The molecule has 2 heterocycles. The standard InChI is InChI=1S/C16H17N3O6S/c1-12-13(19(21)22)4-2-6-15(12)26(23,24)18-9-7-17(8-10-18)16(20)14-5-3-11-25-14/h2-6,11H,7-10H2,1H3. The van der Waals surface area contributed by atoms with Crippen LogP contribution in [0.4, 0.5) is 5.69 Å². The Morgan fingerprint density at radius 3 is 2.42 bits per heavy atom. The lowest BCUT2D eigenvalue weighted by Gasteiger charge is -2.33. The minimum Gasteiger partial charge on any atom is -0.459 e. The first-order valence-corrected chi connectivity index (χ1v) is 9.33. The molecule has 0 bridgehead atoms. The summed E-state index contributed by atoms with van der Waals surface area (Å²) in [6.07, 6.45) is 1.40. The number of furan rings is 1. The molecule has 0 aliphatic carbocycles. The van der Waals surface area contributed by atoms with Gasteiger partial charge in [-0.1, -0.05) is 6.07 Å². The van der Waals surface area contributed by atoms with E-state index >= 15 is 0 Å². The molecule has 1 aromatic heterocycles. The van der Waals surface area contributed by atoms with Gasteiger partial charge in [-0.25, -0.2) is 8.42 Å². The van der Waals surface area contributed by atoms with Gasteiger partial charge in [0.2, 0.25) is 10.0 Å². The number of hydrogen-bond acceptors (Lipinski definition) is 6. The van der Waals surface area contributed by atoms with Gasteiger partial charge < -0.3 is 9.32 Å². The maximum absolute atomic E-state index is 12.9. The summed E-state index contributed by atoms with van der Waals surface area (Å²) in [6, 6.07) is 7.15. The van der Waals surface area contributed by atoms with Crippen molar-refractivity contribution in [2.75, 3.05) is 26.2 Å². The van der Waals surface area contributed by atoms with E-state index in [2.05, 4.69) is 0 Å². The van der Waals surface area contributed by atoms with E-state index in [4.69, 9.17) is 4.42 Å². The van der Waals surface area contributed by atoms with Gasteiger partial charge in [-0.3, -0.25) is 14.9 Å². The SMILES string of the molecule is Cc1c([N+](=O)[O-])cccc1S(=O)(=O)N1CCN(C(=O)c2ccco2)CC1. The summed E-state index contributed by atoms with van der Waals surface area (Å²) < 4.78 is 32.1. The summed E-state index contributed by atoms with van der Waals surface area (Å²) in [7, 11) is -3.88. The van der Waals surface area contributed by atoms with Gasteiger partial charge >= 0.3 is 0 Å². The Morgan fingerprint density at radius 2 is 1.85 bits per heavy atom. The fourth-order valence-electron chi connectivity index (χ4n) is 2.91. The van der Waals surface area contributed by atoms with Crippen molar-refractivity contribution in [3.63, 3.8) is 0 Å². The molecule has 1 amide bonds. The van der Waals surface area contributed by atoms with Crippen LogP contribution in [-0.2, 0) is 10.0 Å². The summed E-state index contributed by atoms with van der Waals surface area (Å²) in [5, 5.41) is 11.1. The number of carbonyl (C=O) groups excluding carboxylic acids is 1. The smallest absolute Gasteiger partial charge is 0.289 e. The third kappa shape index (κ3) is 3.20. The number of hydrogen-bond donors (Lipinski definition) is 0. The Morgan fingerprint density at radius 1 is 1.15 bits per heavy atom. The minimum absolute atomic E-state index is 0.0856. The van der Waals surface area contributed by atoms with Gasteiger partial charge in [-0.15, -0.1) is 0 Å².